The van der Waals surface area contributed by atoms with Crippen molar-refractivity contribution >= 4 is 5.97 Å². The maximum atomic E-state index is 13.2. The summed E-state index contributed by atoms with van der Waals surface area (Å²) in [6.07, 6.45) is 0. The van der Waals surface area contributed by atoms with E-state index in [-0.39, 0.29) is 5.82 Å². The smallest absolute Gasteiger partial charge is 0.337 e. The molecule has 0 bridgehead atoms. The number of carboxylic acids is 1. The second-order valence-electron chi connectivity index (χ2n) is 7.48. The molecule has 1 unspecified atom stereocenters. The molecule has 0 saturated carbocycles. The topological polar surface area (TPSA) is 54.3 Å². The summed E-state index contributed by atoms with van der Waals surface area (Å²) in [7, 11) is 0. The number of carbonyl (C=O) groups is 1. The zero-order valence-corrected chi connectivity index (χ0v) is 17.1. The Balaban J connectivity index is 1.78. The molecular formula is C24H27FN2O2. The SMILES string of the molecule is Cc1c(CNCC(C)c2ccccc2)c(C(=O)O)c(C)n1Cc1ccc(F)cc1. The van der Waals surface area contributed by atoms with Gasteiger partial charge in [0.1, 0.15) is 5.82 Å². The van der Waals surface area contributed by atoms with E-state index >= 15 is 0 Å². The third-order valence-corrected chi connectivity index (χ3v) is 5.50. The highest BCUT2D eigenvalue weighted by Gasteiger charge is 2.22. The Morgan fingerprint density at radius 2 is 1.72 bits per heavy atom. The zero-order chi connectivity index (χ0) is 21.0. The molecule has 2 N–H and O–H groups in total. The van der Waals surface area contributed by atoms with Gasteiger partial charge in [-0.2, -0.15) is 0 Å². The summed E-state index contributed by atoms with van der Waals surface area (Å²) < 4.78 is 15.2. The third-order valence-electron chi connectivity index (χ3n) is 5.50. The molecule has 1 aromatic heterocycles. The van der Waals surface area contributed by atoms with E-state index in [2.05, 4.69) is 24.4 Å². The quantitative estimate of drug-likeness (QED) is 0.572. The largest absolute Gasteiger partial charge is 0.478 e. The van der Waals surface area contributed by atoms with Crippen molar-refractivity contribution in [3.8, 4) is 0 Å². The number of nitrogens with one attached hydrogen (secondary N) is 1. The minimum Gasteiger partial charge on any atom is -0.478 e. The van der Waals surface area contributed by atoms with Crippen LogP contribution in [0, 0.1) is 19.7 Å². The van der Waals surface area contributed by atoms with E-state index in [1.807, 2.05) is 36.6 Å². The average molecular weight is 394 g/mol. The Labute approximate surface area is 171 Å². The number of halogens is 1. The first-order valence-corrected chi connectivity index (χ1v) is 9.80. The van der Waals surface area contributed by atoms with E-state index in [1.165, 1.54) is 17.7 Å². The van der Waals surface area contributed by atoms with Crippen LogP contribution in [0.2, 0.25) is 0 Å². The maximum absolute atomic E-state index is 13.2. The summed E-state index contributed by atoms with van der Waals surface area (Å²) in [5.41, 5.74) is 4.97. The van der Waals surface area contributed by atoms with Crippen molar-refractivity contribution in [2.24, 2.45) is 0 Å². The molecule has 5 heteroatoms. The molecule has 0 amide bonds. The molecule has 1 heterocycles. The van der Waals surface area contributed by atoms with Crippen LogP contribution in [-0.4, -0.2) is 22.2 Å². The molecule has 0 aliphatic rings. The van der Waals surface area contributed by atoms with Crippen LogP contribution in [0.1, 0.15) is 51.3 Å². The van der Waals surface area contributed by atoms with Crippen LogP contribution in [0.3, 0.4) is 0 Å². The molecule has 0 aliphatic carbocycles. The molecule has 0 radical (unpaired) electrons. The first kappa shape index (κ1) is 20.8. The number of aromatic nitrogens is 1. The number of hydrogen-bond acceptors (Lipinski definition) is 2. The second kappa shape index (κ2) is 9.05. The number of nitrogens with zero attached hydrogens (tertiary/aromatic N) is 1. The van der Waals surface area contributed by atoms with Crippen LogP contribution < -0.4 is 5.32 Å². The Kier molecular flexibility index (Phi) is 6.49. The summed E-state index contributed by atoms with van der Waals surface area (Å²) in [6, 6.07) is 16.6. The molecule has 3 aromatic rings. The highest BCUT2D eigenvalue weighted by atomic mass is 19.1. The monoisotopic (exact) mass is 394 g/mol. The normalized spacial score (nSPS) is 12.1. The number of aromatic carboxylic acids is 1. The van der Waals surface area contributed by atoms with Gasteiger partial charge in [-0.15, -0.1) is 0 Å². The molecule has 3 rings (SSSR count). The second-order valence-corrected chi connectivity index (χ2v) is 7.48. The lowest BCUT2D eigenvalue weighted by atomic mass is 10.0. The van der Waals surface area contributed by atoms with Crippen LogP contribution in [0.25, 0.3) is 0 Å². The molecule has 0 aliphatic heterocycles. The first-order valence-electron chi connectivity index (χ1n) is 9.80. The van der Waals surface area contributed by atoms with Crippen molar-refractivity contribution in [1.82, 2.24) is 9.88 Å². The van der Waals surface area contributed by atoms with E-state index in [0.717, 1.165) is 23.4 Å². The standard InChI is InChI=1S/C24H27FN2O2/c1-16(20-7-5-4-6-8-20)13-26-14-22-17(2)27(18(3)23(22)24(28)29)15-19-9-11-21(25)12-10-19/h4-12,16,26H,13-15H2,1-3H3,(H,28,29). The zero-order valence-electron chi connectivity index (χ0n) is 17.1. The van der Waals surface area contributed by atoms with Crippen molar-refractivity contribution < 1.29 is 14.3 Å². The van der Waals surface area contributed by atoms with Crippen molar-refractivity contribution in [3.05, 3.63) is 94.1 Å². The van der Waals surface area contributed by atoms with Crippen molar-refractivity contribution in [2.75, 3.05) is 6.54 Å². The highest BCUT2D eigenvalue weighted by molar-refractivity contribution is 5.91. The van der Waals surface area contributed by atoms with Gasteiger partial charge in [-0.3, -0.25) is 0 Å². The van der Waals surface area contributed by atoms with Gasteiger partial charge in [0.15, 0.2) is 0 Å². The first-order chi connectivity index (χ1) is 13.9. The molecule has 2 aromatic carbocycles. The minimum absolute atomic E-state index is 0.279. The van der Waals surface area contributed by atoms with E-state index in [4.69, 9.17) is 0 Å². The van der Waals surface area contributed by atoms with Crippen LogP contribution in [0.15, 0.2) is 54.6 Å². The van der Waals surface area contributed by atoms with Crippen LogP contribution in [-0.2, 0) is 13.1 Å². The van der Waals surface area contributed by atoms with Gasteiger partial charge in [-0.1, -0.05) is 49.4 Å². The van der Waals surface area contributed by atoms with E-state index < -0.39 is 5.97 Å². The van der Waals surface area contributed by atoms with Crippen LogP contribution >= 0.6 is 0 Å². The Bertz CT molecular complexity index is 978. The number of hydrogen-bond donors (Lipinski definition) is 2. The Morgan fingerprint density at radius 1 is 1.07 bits per heavy atom. The fraction of sp³-hybridized carbons (Fsp3) is 0.292. The minimum atomic E-state index is -0.920. The highest BCUT2D eigenvalue weighted by Crippen LogP contribution is 2.24. The molecule has 4 nitrogen and oxygen atoms in total. The number of benzene rings is 2. The summed E-state index contributed by atoms with van der Waals surface area (Å²) >= 11 is 0. The predicted molar refractivity (Wildman–Crippen MR) is 113 cm³/mol. The van der Waals surface area contributed by atoms with E-state index in [9.17, 15) is 14.3 Å². The van der Waals surface area contributed by atoms with Gasteiger partial charge in [-0.25, -0.2) is 9.18 Å². The van der Waals surface area contributed by atoms with Gasteiger partial charge in [-0.05, 0) is 43.0 Å². The number of rotatable bonds is 8. The fourth-order valence-electron chi connectivity index (χ4n) is 3.77. The van der Waals surface area contributed by atoms with Gasteiger partial charge < -0.3 is 15.0 Å². The lowest BCUT2D eigenvalue weighted by Crippen LogP contribution is -2.21. The Morgan fingerprint density at radius 3 is 2.34 bits per heavy atom. The average Bonchev–Trinajstić information content (AvgIpc) is 2.94. The molecule has 1 atom stereocenters. The van der Waals surface area contributed by atoms with Gasteiger partial charge in [0, 0.05) is 36.6 Å². The lowest BCUT2D eigenvalue weighted by molar-refractivity contribution is 0.0694. The van der Waals surface area contributed by atoms with Crippen molar-refractivity contribution in [3.63, 3.8) is 0 Å². The molecule has 0 fully saturated rings. The van der Waals surface area contributed by atoms with Gasteiger partial charge >= 0.3 is 5.97 Å². The molecule has 29 heavy (non-hydrogen) atoms. The Hall–Kier alpha value is -2.92. The predicted octanol–water partition coefficient (Wildman–Crippen LogP) is 4.88. The van der Waals surface area contributed by atoms with Crippen LogP contribution in [0.4, 0.5) is 4.39 Å². The molecular weight excluding hydrogens is 367 g/mol. The summed E-state index contributed by atoms with van der Waals surface area (Å²) in [5, 5.41) is 13.2. The van der Waals surface area contributed by atoms with Gasteiger partial charge in [0.25, 0.3) is 0 Å². The van der Waals surface area contributed by atoms with Crippen LogP contribution in [0.5, 0.6) is 0 Å². The molecule has 152 valence electrons. The lowest BCUT2D eigenvalue weighted by Gasteiger charge is -2.14. The summed E-state index contributed by atoms with van der Waals surface area (Å²) in [5.74, 6) is -0.873. The van der Waals surface area contributed by atoms with Crippen molar-refractivity contribution in [2.45, 2.75) is 39.8 Å². The molecule has 0 saturated heterocycles. The number of carboxylic acid groups (broad SMARTS) is 1. The maximum Gasteiger partial charge on any atom is 0.337 e. The third kappa shape index (κ3) is 4.74. The summed E-state index contributed by atoms with van der Waals surface area (Å²) in [4.78, 5) is 11.9. The van der Waals surface area contributed by atoms with E-state index in [0.29, 0.717) is 30.3 Å². The van der Waals surface area contributed by atoms with Crippen molar-refractivity contribution in [1.29, 1.82) is 0 Å². The summed E-state index contributed by atoms with van der Waals surface area (Å²) in [6.45, 7) is 7.68. The van der Waals surface area contributed by atoms with E-state index in [1.54, 1.807) is 12.1 Å². The van der Waals surface area contributed by atoms with Gasteiger partial charge in [0.05, 0.1) is 5.56 Å². The molecule has 0 spiro atoms. The fourth-order valence-corrected chi connectivity index (χ4v) is 3.77. The van der Waals surface area contributed by atoms with Gasteiger partial charge in [0.2, 0.25) is 0 Å².